The third-order valence-electron chi connectivity index (χ3n) is 3.73. The van der Waals surface area contributed by atoms with Gasteiger partial charge >= 0.3 is 6.03 Å². The maximum Gasteiger partial charge on any atom is 0.312 e. The monoisotopic (exact) mass is 375 g/mol. The van der Waals surface area contributed by atoms with Crippen molar-refractivity contribution in [1.29, 1.82) is 0 Å². The topological polar surface area (TPSA) is 84.7 Å². The molecule has 138 valence electrons. The molecule has 2 aromatic rings. The molecule has 7 heteroatoms. The van der Waals surface area contributed by atoms with Gasteiger partial charge in [-0.15, -0.1) is 0 Å². The predicted molar refractivity (Wildman–Crippen MR) is 101 cm³/mol. The molecule has 0 atom stereocenters. The highest BCUT2D eigenvalue weighted by atomic mass is 35.5. The first-order chi connectivity index (χ1) is 12.5. The largest absolute Gasteiger partial charge is 0.494 e. The number of amides is 3. The zero-order valence-electron chi connectivity index (χ0n) is 14.6. The fourth-order valence-electron chi connectivity index (χ4n) is 2.30. The van der Waals surface area contributed by atoms with Crippen LogP contribution in [0.15, 0.2) is 48.5 Å². The highest BCUT2D eigenvalue weighted by Gasteiger charge is 2.11. The van der Waals surface area contributed by atoms with Crippen LogP contribution in [0.1, 0.15) is 22.3 Å². The van der Waals surface area contributed by atoms with Gasteiger partial charge in [0.15, 0.2) is 0 Å². The molecule has 0 aliphatic rings. The van der Waals surface area contributed by atoms with E-state index in [9.17, 15) is 9.59 Å². The van der Waals surface area contributed by atoms with Crippen LogP contribution in [0.2, 0.25) is 5.02 Å². The lowest BCUT2D eigenvalue weighted by atomic mass is 10.1. The Morgan fingerprint density at radius 1 is 1.12 bits per heavy atom. The van der Waals surface area contributed by atoms with Gasteiger partial charge in [-0.2, -0.15) is 0 Å². The number of nitrogens with two attached hydrogens (primary N) is 1. The van der Waals surface area contributed by atoms with E-state index in [0.29, 0.717) is 36.7 Å². The molecule has 0 fully saturated rings. The molecule has 0 radical (unpaired) electrons. The molecule has 2 aromatic carbocycles. The van der Waals surface area contributed by atoms with Crippen molar-refractivity contribution in [2.75, 3.05) is 20.2 Å². The minimum absolute atomic E-state index is 0.0640. The van der Waals surface area contributed by atoms with E-state index in [4.69, 9.17) is 22.1 Å². The third kappa shape index (κ3) is 6.29. The highest BCUT2D eigenvalue weighted by Crippen LogP contribution is 2.15. The average Bonchev–Trinajstić information content (AvgIpc) is 2.64. The van der Waals surface area contributed by atoms with Gasteiger partial charge in [0.05, 0.1) is 6.61 Å². The Kier molecular flexibility index (Phi) is 7.29. The van der Waals surface area contributed by atoms with Gasteiger partial charge in [-0.1, -0.05) is 23.7 Å². The van der Waals surface area contributed by atoms with Crippen LogP contribution in [0.4, 0.5) is 4.79 Å². The van der Waals surface area contributed by atoms with Crippen molar-refractivity contribution in [1.82, 2.24) is 10.2 Å². The molecule has 0 aliphatic heterocycles. The maximum absolute atomic E-state index is 12.4. The molecule has 0 heterocycles. The van der Waals surface area contributed by atoms with E-state index in [-0.39, 0.29) is 5.91 Å². The number of halogens is 1. The first kappa shape index (κ1) is 19.6. The minimum Gasteiger partial charge on any atom is -0.494 e. The van der Waals surface area contributed by atoms with E-state index in [0.717, 1.165) is 11.3 Å². The number of nitrogens with zero attached hydrogens (tertiary/aromatic N) is 1. The summed E-state index contributed by atoms with van der Waals surface area (Å²) in [5, 5.41) is 3.17. The third-order valence-corrected chi connectivity index (χ3v) is 3.99. The fraction of sp³-hybridized carbons (Fsp3) is 0.263. The smallest absolute Gasteiger partial charge is 0.312 e. The molecular weight excluding hydrogens is 354 g/mol. The first-order valence-electron chi connectivity index (χ1n) is 8.22. The van der Waals surface area contributed by atoms with Gasteiger partial charge in [0.25, 0.3) is 5.91 Å². The molecule has 26 heavy (non-hydrogen) atoms. The number of urea groups is 1. The quantitative estimate of drug-likeness (QED) is 0.695. The summed E-state index contributed by atoms with van der Waals surface area (Å²) < 4.78 is 5.62. The lowest BCUT2D eigenvalue weighted by molar-refractivity contribution is 0.0788. The van der Waals surface area contributed by atoms with Crippen LogP contribution in [0, 0.1) is 0 Å². The van der Waals surface area contributed by atoms with Gasteiger partial charge in [0.1, 0.15) is 5.75 Å². The van der Waals surface area contributed by atoms with E-state index in [1.165, 1.54) is 0 Å². The van der Waals surface area contributed by atoms with Crippen molar-refractivity contribution < 1.29 is 14.3 Å². The standard InChI is InChI=1S/C19H22ClN3O3/c1-23(11-2-12-26-17-9-7-16(20)8-10-17)18(24)15-5-3-14(4-6-15)13-22-19(21)25/h3-10H,2,11-13H2,1H3,(H3,21,22,25). The summed E-state index contributed by atoms with van der Waals surface area (Å²) >= 11 is 5.83. The zero-order valence-corrected chi connectivity index (χ0v) is 15.3. The van der Waals surface area contributed by atoms with Crippen LogP contribution in [0.25, 0.3) is 0 Å². The molecule has 3 amide bonds. The summed E-state index contributed by atoms with van der Waals surface area (Å²) in [6.45, 7) is 1.43. The SMILES string of the molecule is CN(CCCOc1ccc(Cl)cc1)C(=O)c1ccc(CNC(N)=O)cc1. The van der Waals surface area contributed by atoms with Crippen molar-refractivity contribution in [2.45, 2.75) is 13.0 Å². The van der Waals surface area contributed by atoms with Crippen molar-refractivity contribution >= 4 is 23.5 Å². The first-order valence-corrected chi connectivity index (χ1v) is 8.59. The number of hydrogen-bond acceptors (Lipinski definition) is 3. The normalized spacial score (nSPS) is 10.2. The van der Waals surface area contributed by atoms with E-state index in [2.05, 4.69) is 5.32 Å². The van der Waals surface area contributed by atoms with Crippen molar-refractivity contribution in [3.8, 4) is 5.75 Å². The van der Waals surface area contributed by atoms with Crippen LogP contribution in [0.3, 0.4) is 0 Å². The summed E-state index contributed by atoms with van der Waals surface area (Å²) in [5.41, 5.74) is 6.50. The molecule has 2 rings (SSSR count). The van der Waals surface area contributed by atoms with E-state index in [1.54, 1.807) is 48.3 Å². The number of carbonyl (C=O) groups excluding carboxylic acids is 2. The number of ether oxygens (including phenoxy) is 1. The second-order valence-corrected chi connectivity index (χ2v) is 6.23. The number of rotatable bonds is 8. The van der Waals surface area contributed by atoms with Gasteiger partial charge in [0, 0.05) is 30.7 Å². The fourth-order valence-corrected chi connectivity index (χ4v) is 2.42. The van der Waals surface area contributed by atoms with Crippen molar-refractivity contribution in [2.24, 2.45) is 5.73 Å². The Hall–Kier alpha value is -2.73. The van der Waals surface area contributed by atoms with E-state index < -0.39 is 6.03 Å². The van der Waals surface area contributed by atoms with Crippen molar-refractivity contribution in [3.05, 3.63) is 64.7 Å². The van der Waals surface area contributed by atoms with E-state index >= 15 is 0 Å². The molecule has 0 spiro atoms. The van der Waals surface area contributed by atoms with Gasteiger partial charge in [-0.25, -0.2) is 4.79 Å². The number of primary amides is 1. The number of benzene rings is 2. The second kappa shape index (κ2) is 9.68. The average molecular weight is 376 g/mol. The molecule has 0 unspecified atom stereocenters. The Morgan fingerprint density at radius 3 is 2.38 bits per heavy atom. The number of carbonyl (C=O) groups is 2. The zero-order chi connectivity index (χ0) is 18.9. The molecular formula is C19H22ClN3O3. The summed E-state index contributed by atoms with van der Waals surface area (Å²) in [7, 11) is 1.76. The Labute approximate surface area is 157 Å². The van der Waals surface area contributed by atoms with Gasteiger partial charge in [-0.05, 0) is 48.4 Å². The second-order valence-electron chi connectivity index (χ2n) is 5.80. The van der Waals surface area contributed by atoms with E-state index in [1.807, 2.05) is 12.1 Å². The van der Waals surface area contributed by atoms with Crippen LogP contribution in [0.5, 0.6) is 5.75 Å². The summed E-state index contributed by atoms with van der Waals surface area (Å²) in [4.78, 5) is 24.8. The molecule has 0 bridgehead atoms. The van der Waals surface area contributed by atoms with Crippen LogP contribution in [-0.4, -0.2) is 37.0 Å². The Morgan fingerprint density at radius 2 is 1.77 bits per heavy atom. The van der Waals surface area contributed by atoms with Crippen LogP contribution < -0.4 is 15.8 Å². The van der Waals surface area contributed by atoms with Crippen molar-refractivity contribution in [3.63, 3.8) is 0 Å². The Balaban J connectivity index is 1.75. The van der Waals surface area contributed by atoms with Gasteiger partial charge in [-0.3, -0.25) is 4.79 Å². The molecule has 0 aromatic heterocycles. The molecule has 0 saturated heterocycles. The summed E-state index contributed by atoms with van der Waals surface area (Å²) in [5.74, 6) is 0.689. The van der Waals surface area contributed by atoms with Gasteiger partial charge < -0.3 is 20.7 Å². The maximum atomic E-state index is 12.4. The Bertz CT molecular complexity index is 733. The molecule has 3 N–H and O–H groups in total. The molecule has 6 nitrogen and oxygen atoms in total. The minimum atomic E-state index is -0.578. The van der Waals surface area contributed by atoms with Crippen LogP contribution in [-0.2, 0) is 6.54 Å². The summed E-state index contributed by atoms with van der Waals surface area (Å²) in [6.07, 6.45) is 0.714. The summed E-state index contributed by atoms with van der Waals surface area (Å²) in [6, 6.07) is 13.6. The lowest BCUT2D eigenvalue weighted by Gasteiger charge is -2.17. The van der Waals surface area contributed by atoms with Crippen LogP contribution >= 0.6 is 11.6 Å². The molecule has 0 aliphatic carbocycles. The lowest BCUT2D eigenvalue weighted by Crippen LogP contribution is -2.29. The molecule has 0 saturated carbocycles. The van der Waals surface area contributed by atoms with Gasteiger partial charge in [0.2, 0.25) is 0 Å². The number of nitrogens with one attached hydrogen (secondary N) is 1. The number of hydrogen-bond donors (Lipinski definition) is 2. The highest BCUT2D eigenvalue weighted by molar-refractivity contribution is 6.30. The predicted octanol–water partition coefficient (Wildman–Crippen LogP) is 3.05.